The van der Waals surface area contributed by atoms with Crippen LogP contribution in [0.5, 0.6) is 0 Å². The van der Waals surface area contributed by atoms with Crippen molar-refractivity contribution in [1.82, 2.24) is 5.32 Å². The van der Waals surface area contributed by atoms with Crippen LogP contribution in [0.2, 0.25) is 5.02 Å². The Morgan fingerprint density at radius 1 is 1.39 bits per heavy atom. The number of rotatable bonds is 5. The van der Waals surface area contributed by atoms with Gasteiger partial charge < -0.3 is 5.32 Å². The molecule has 0 spiro atoms. The van der Waals surface area contributed by atoms with Gasteiger partial charge in [-0.25, -0.2) is 8.42 Å². The van der Waals surface area contributed by atoms with Crippen molar-refractivity contribution in [2.24, 2.45) is 0 Å². The lowest BCUT2D eigenvalue weighted by molar-refractivity contribution is 0.521. The van der Waals surface area contributed by atoms with Crippen molar-refractivity contribution < 1.29 is 8.42 Å². The fourth-order valence-corrected chi connectivity index (χ4v) is 2.27. The Kier molecular flexibility index (Phi) is 5.23. The summed E-state index contributed by atoms with van der Waals surface area (Å²) in [7, 11) is -3.08. The van der Waals surface area contributed by atoms with Gasteiger partial charge in [0.05, 0.1) is 4.75 Å². The van der Waals surface area contributed by atoms with Gasteiger partial charge in [0.2, 0.25) is 0 Å². The molecule has 0 heterocycles. The summed E-state index contributed by atoms with van der Waals surface area (Å²) in [5, 5.41) is 3.80. The maximum absolute atomic E-state index is 11.5. The van der Waals surface area contributed by atoms with Gasteiger partial charge in [0, 0.05) is 28.8 Å². The minimum Gasteiger partial charge on any atom is -0.311 e. The van der Waals surface area contributed by atoms with Crippen molar-refractivity contribution in [1.29, 1.82) is 0 Å². The summed E-state index contributed by atoms with van der Waals surface area (Å²) in [4.78, 5) is 0. The van der Waals surface area contributed by atoms with Crippen LogP contribution >= 0.6 is 27.5 Å². The van der Waals surface area contributed by atoms with Crippen LogP contribution in [0.1, 0.15) is 19.4 Å². The zero-order valence-corrected chi connectivity index (χ0v) is 13.8. The summed E-state index contributed by atoms with van der Waals surface area (Å²) in [6.07, 6.45) is 1.25. The molecule has 0 bridgehead atoms. The number of benzene rings is 1. The molecule has 18 heavy (non-hydrogen) atoms. The summed E-state index contributed by atoms with van der Waals surface area (Å²) in [6.45, 7) is 4.33. The molecule has 0 amide bonds. The summed E-state index contributed by atoms with van der Waals surface area (Å²) >= 11 is 9.43. The van der Waals surface area contributed by atoms with E-state index in [-0.39, 0.29) is 0 Å². The molecular weight excluding hydrogens is 338 g/mol. The Morgan fingerprint density at radius 2 is 2.00 bits per heavy atom. The second kappa shape index (κ2) is 5.90. The number of nitrogens with one attached hydrogen (secondary N) is 1. The third-order valence-electron chi connectivity index (χ3n) is 2.88. The van der Waals surface area contributed by atoms with Crippen molar-refractivity contribution in [3.8, 4) is 0 Å². The van der Waals surface area contributed by atoms with Crippen LogP contribution < -0.4 is 5.32 Å². The Hall–Kier alpha value is -0.100. The first-order valence-electron chi connectivity index (χ1n) is 5.48. The van der Waals surface area contributed by atoms with E-state index < -0.39 is 14.6 Å². The highest BCUT2D eigenvalue weighted by molar-refractivity contribution is 9.10. The molecule has 0 unspecified atom stereocenters. The van der Waals surface area contributed by atoms with Crippen molar-refractivity contribution in [2.45, 2.75) is 25.1 Å². The number of hydrogen-bond acceptors (Lipinski definition) is 3. The van der Waals surface area contributed by atoms with Gasteiger partial charge >= 0.3 is 0 Å². The van der Waals surface area contributed by atoms with Gasteiger partial charge in [-0.15, -0.1) is 0 Å². The Bertz CT molecular complexity index is 529. The van der Waals surface area contributed by atoms with Gasteiger partial charge in [-0.05, 0) is 37.6 Å². The zero-order chi connectivity index (χ0) is 14.0. The monoisotopic (exact) mass is 353 g/mol. The highest BCUT2D eigenvalue weighted by Gasteiger charge is 2.29. The van der Waals surface area contributed by atoms with Crippen molar-refractivity contribution in [3.63, 3.8) is 0 Å². The average molecular weight is 355 g/mol. The molecule has 1 aromatic rings. The zero-order valence-electron chi connectivity index (χ0n) is 10.6. The van der Waals surface area contributed by atoms with Gasteiger partial charge in [0.1, 0.15) is 0 Å². The lowest BCUT2D eigenvalue weighted by Gasteiger charge is -2.23. The first kappa shape index (κ1) is 16.0. The second-order valence-corrected chi connectivity index (χ2v) is 8.84. The van der Waals surface area contributed by atoms with Crippen LogP contribution in [0.3, 0.4) is 0 Å². The van der Waals surface area contributed by atoms with E-state index in [1.54, 1.807) is 13.8 Å². The molecule has 0 aromatic heterocycles. The molecule has 102 valence electrons. The number of hydrogen-bond donors (Lipinski definition) is 1. The van der Waals surface area contributed by atoms with Gasteiger partial charge in [0.15, 0.2) is 9.84 Å². The smallest absolute Gasteiger partial charge is 0.153 e. The summed E-state index contributed by atoms with van der Waals surface area (Å²) < 4.78 is 23.2. The molecule has 0 aliphatic carbocycles. The van der Waals surface area contributed by atoms with E-state index in [4.69, 9.17) is 11.6 Å². The van der Waals surface area contributed by atoms with Crippen LogP contribution in [0.15, 0.2) is 22.7 Å². The average Bonchev–Trinajstić information content (AvgIpc) is 2.21. The van der Waals surface area contributed by atoms with Crippen LogP contribution in [-0.2, 0) is 16.4 Å². The largest absolute Gasteiger partial charge is 0.311 e. The molecule has 0 saturated heterocycles. The maximum atomic E-state index is 11.5. The van der Waals surface area contributed by atoms with E-state index in [1.807, 2.05) is 18.2 Å². The number of halogens is 2. The third-order valence-corrected chi connectivity index (χ3v) is 5.89. The Balaban J connectivity index is 2.65. The molecular formula is C12H17BrClNO2S. The third kappa shape index (κ3) is 4.23. The molecule has 1 aromatic carbocycles. The van der Waals surface area contributed by atoms with E-state index in [1.165, 1.54) is 6.26 Å². The van der Waals surface area contributed by atoms with Gasteiger partial charge in [-0.1, -0.05) is 27.5 Å². The molecule has 1 rings (SSSR count). The van der Waals surface area contributed by atoms with E-state index in [0.29, 0.717) is 18.1 Å². The summed E-state index contributed by atoms with van der Waals surface area (Å²) in [6, 6.07) is 5.60. The van der Waals surface area contributed by atoms with Crippen LogP contribution in [0, 0.1) is 0 Å². The Morgan fingerprint density at radius 3 is 2.56 bits per heavy atom. The van der Waals surface area contributed by atoms with Crippen molar-refractivity contribution in [3.05, 3.63) is 33.3 Å². The maximum Gasteiger partial charge on any atom is 0.153 e. The fraction of sp³-hybridized carbons (Fsp3) is 0.500. The standard InChI is InChI=1S/C12H17BrClNO2S/c1-12(2,18(3,16)17)8-15-7-9-6-10(13)4-5-11(9)14/h4-6,15H,7-8H2,1-3H3. The molecule has 0 aliphatic rings. The van der Waals surface area contributed by atoms with Gasteiger partial charge in [-0.3, -0.25) is 0 Å². The first-order chi connectivity index (χ1) is 8.13. The fourth-order valence-electron chi connectivity index (χ4n) is 1.31. The van der Waals surface area contributed by atoms with Crippen LogP contribution in [0.25, 0.3) is 0 Å². The molecule has 3 nitrogen and oxygen atoms in total. The van der Waals surface area contributed by atoms with Crippen LogP contribution in [0.4, 0.5) is 0 Å². The lowest BCUT2D eigenvalue weighted by atomic mass is 10.2. The van der Waals surface area contributed by atoms with Crippen molar-refractivity contribution >= 4 is 37.4 Å². The number of sulfone groups is 1. The lowest BCUT2D eigenvalue weighted by Crippen LogP contribution is -2.41. The second-order valence-electron chi connectivity index (χ2n) is 4.87. The van der Waals surface area contributed by atoms with Gasteiger partial charge in [-0.2, -0.15) is 0 Å². The SMILES string of the molecule is CC(C)(CNCc1cc(Br)ccc1Cl)S(C)(=O)=O. The van der Waals surface area contributed by atoms with Gasteiger partial charge in [0.25, 0.3) is 0 Å². The molecule has 1 N–H and O–H groups in total. The normalized spacial score (nSPS) is 12.7. The van der Waals surface area contributed by atoms with Crippen molar-refractivity contribution in [2.75, 3.05) is 12.8 Å². The topological polar surface area (TPSA) is 46.2 Å². The molecule has 6 heteroatoms. The molecule has 0 saturated carbocycles. The van der Waals surface area contributed by atoms with E-state index in [0.717, 1.165) is 10.0 Å². The highest BCUT2D eigenvalue weighted by Crippen LogP contribution is 2.21. The van der Waals surface area contributed by atoms with Crippen LogP contribution in [-0.4, -0.2) is 26.0 Å². The summed E-state index contributed by atoms with van der Waals surface area (Å²) in [5.41, 5.74) is 0.940. The predicted octanol–water partition coefficient (Wildman–Crippen LogP) is 3.02. The predicted molar refractivity (Wildman–Crippen MR) is 79.8 cm³/mol. The first-order valence-corrected chi connectivity index (χ1v) is 8.54. The van der Waals surface area contributed by atoms with E-state index in [2.05, 4.69) is 21.2 Å². The summed E-state index contributed by atoms with van der Waals surface area (Å²) in [5.74, 6) is 0. The van der Waals surface area contributed by atoms with E-state index >= 15 is 0 Å². The van der Waals surface area contributed by atoms with E-state index in [9.17, 15) is 8.42 Å². The molecule has 0 radical (unpaired) electrons. The minimum absolute atomic E-state index is 0.384. The molecule has 0 fully saturated rings. The minimum atomic E-state index is -3.08. The molecule has 0 aliphatic heterocycles. The highest BCUT2D eigenvalue weighted by atomic mass is 79.9. The molecule has 0 atom stereocenters. The quantitative estimate of drug-likeness (QED) is 0.884. The Labute approximate surface area is 122 Å².